The van der Waals surface area contributed by atoms with Gasteiger partial charge < -0.3 is 14.8 Å². The van der Waals surface area contributed by atoms with Crippen LogP contribution in [0.25, 0.3) is 0 Å². The molecule has 2 N–H and O–H groups in total. The molecule has 0 saturated carbocycles. The van der Waals surface area contributed by atoms with E-state index in [-0.39, 0.29) is 17.0 Å². The minimum absolute atomic E-state index is 0.0919. The molecule has 2 aromatic rings. The molecule has 0 fully saturated rings. The highest BCUT2D eigenvalue weighted by Gasteiger charge is 2.20. The third-order valence-corrected chi connectivity index (χ3v) is 3.17. The molecule has 6 nitrogen and oxygen atoms in total. The maximum atomic E-state index is 12.1. The minimum atomic E-state index is -0.418. The average Bonchev–Trinajstić information content (AvgIpc) is 2.68. The molecule has 0 aliphatic heterocycles. The van der Waals surface area contributed by atoms with Crippen molar-refractivity contribution in [3.8, 4) is 0 Å². The smallest absolute Gasteiger partial charge is 0.257 e. The van der Waals surface area contributed by atoms with E-state index in [1.54, 1.807) is 13.8 Å². The van der Waals surface area contributed by atoms with Gasteiger partial charge in [-0.25, -0.2) is 0 Å². The fourth-order valence-electron chi connectivity index (χ4n) is 2.21. The van der Waals surface area contributed by atoms with Gasteiger partial charge in [0.25, 0.3) is 5.91 Å². The van der Waals surface area contributed by atoms with Gasteiger partial charge in [-0.05, 0) is 27.7 Å². The summed E-state index contributed by atoms with van der Waals surface area (Å²) in [5.41, 5.74) is 2.07. The van der Waals surface area contributed by atoms with Crippen LogP contribution in [0.5, 0.6) is 0 Å². The Kier molecular flexibility index (Phi) is 3.74. The van der Waals surface area contributed by atoms with Gasteiger partial charge in [-0.1, -0.05) is 5.16 Å². The van der Waals surface area contributed by atoms with E-state index in [4.69, 9.17) is 4.52 Å². The lowest BCUT2D eigenvalue weighted by atomic mass is 10.1. The quantitative estimate of drug-likeness (QED) is 0.893. The number of hydrogen-bond donors (Lipinski definition) is 2. The molecule has 0 radical (unpaired) electrons. The lowest BCUT2D eigenvalue weighted by molar-refractivity contribution is 0.0938. The number of carbonyl (C=O) groups excluding carboxylic acids is 1. The Morgan fingerprint density at radius 3 is 2.65 bits per heavy atom. The summed E-state index contributed by atoms with van der Waals surface area (Å²) in [6.45, 7) is 7.19. The van der Waals surface area contributed by atoms with E-state index in [1.165, 1.54) is 12.3 Å². The molecule has 6 heteroatoms. The molecule has 106 valence electrons. The predicted octanol–water partition coefficient (Wildman–Crippen LogP) is 1.78. The highest BCUT2D eigenvalue weighted by atomic mass is 16.5. The van der Waals surface area contributed by atoms with Gasteiger partial charge in [0, 0.05) is 23.5 Å². The number of aromatic nitrogens is 2. The molecular formula is C14H17N3O3. The van der Waals surface area contributed by atoms with Gasteiger partial charge in [0.05, 0.1) is 11.7 Å². The maximum Gasteiger partial charge on any atom is 0.257 e. The van der Waals surface area contributed by atoms with Crippen molar-refractivity contribution in [2.45, 2.75) is 33.7 Å². The summed E-state index contributed by atoms with van der Waals surface area (Å²) < 4.78 is 5.07. The maximum absolute atomic E-state index is 12.1. The van der Waals surface area contributed by atoms with Crippen molar-refractivity contribution in [2.24, 2.45) is 0 Å². The molecule has 0 saturated heterocycles. The molecule has 0 spiro atoms. The Morgan fingerprint density at radius 1 is 1.40 bits per heavy atom. The summed E-state index contributed by atoms with van der Waals surface area (Å²) >= 11 is 0. The van der Waals surface area contributed by atoms with E-state index in [1.807, 2.05) is 13.8 Å². The summed E-state index contributed by atoms with van der Waals surface area (Å²) in [6.07, 6.45) is 1.42. The highest BCUT2D eigenvalue weighted by molar-refractivity contribution is 5.94. The molecular weight excluding hydrogens is 258 g/mol. The lowest BCUT2D eigenvalue weighted by Gasteiger charge is -2.13. The Labute approximate surface area is 116 Å². The van der Waals surface area contributed by atoms with E-state index in [0.717, 1.165) is 11.3 Å². The molecule has 2 heterocycles. The second-order valence-electron chi connectivity index (χ2n) is 4.83. The second kappa shape index (κ2) is 5.32. The number of hydrogen-bond acceptors (Lipinski definition) is 4. The molecule has 1 amide bonds. The summed E-state index contributed by atoms with van der Waals surface area (Å²) in [5.74, 6) is 0.242. The van der Waals surface area contributed by atoms with Gasteiger partial charge in [0.15, 0.2) is 5.43 Å². The monoisotopic (exact) mass is 275 g/mol. The summed E-state index contributed by atoms with van der Waals surface area (Å²) in [5, 5.41) is 6.63. The van der Waals surface area contributed by atoms with Crippen LogP contribution in [0.2, 0.25) is 0 Å². The zero-order valence-electron chi connectivity index (χ0n) is 11.9. The zero-order chi connectivity index (χ0) is 14.9. The van der Waals surface area contributed by atoms with Crippen molar-refractivity contribution in [3.63, 3.8) is 0 Å². The standard InChI is InChI=1S/C14H17N3O3/c1-7-5-12(18)11(6-15-7)14(19)16-8(2)13-9(3)17-20-10(13)4/h5-6,8H,1-4H3,(H,15,18)(H,16,19). The van der Waals surface area contributed by atoms with Crippen molar-refractivity contribution in [2.75, 3.05) is 0 Å². The number of aromatic amines is 1. The molecule has 0 aromatic carbocycles. The first-order valence-corrected chi connectivity index (χ1v) is 6.33. The van der Waals surface area contributed by atoms with Gasteiger partial charge in [-0.15, -0.1) is 0 Å². The first-order chi connectivity index (χ1) is 9.40. The van der Waals surface area contributed by atoms with E-state index in [2.05, 4.69) is 15.5 Å². The van der Waals surface area contributed by atoms with Crippen LogP contribution in [0, 0.1) is 20.8 Å². The number of nitrogens with one attached hydrogen (secondary N) is 2. The highest BCUT2D eigenvalue weighted by Crippen LogP contribution is 2.20. The fraction of sp³-hybridized carbons (Fsp3) is 0.357. The van der Waals surface area contributed by atoms with Crippen LogP contribution in [0.1, 0.15) is 46.0 Å². The first kappa shape index (κ1) is 14.0. The molecule has 20 heavy (non-hydrogen) atoms. The van der Waals surface area contributed by atoms with Crippen molar-refractivity contribution in [3.05, 3.63) is 50.8 Å². The Hall–Kier alpha value is -2.37. The molecule has 2 aromatic heterocycles. The number of amides is 1. The van der Waals surface area contributed by atoms with Gasteiger partial charge in [-0.3, -0.25) is 9.59 Å². The third kappa shape index (κ3) is 2.64. The van der Waals surface area contributed by atoms with E-state index in [9.17, 15) is 9.59 Å². The van der Waals surface area contributed by atoms with Crippen LogP contribution in [-0.4, -0.2) is 16.0 Å². The topological polar surface area (TPSA) is 88.0 Å². The fourth-order valence-corrected chi connectivity index (χ4v) is 2.21. The number of aryl methyl sites for hydroxylation is 3. The lowest BCUT2D eigenvalue weighted by Crippen LogP contribution is -2.31. The SMILES string of the molecule is Cc1cc(=O)c(C(=O)NC(C)c2c(C)noc2C)c[nH]1. The molecule has 0 aliphatic rings. The third-order valence-electron chi connectivity index (χ3n) is 3.17. The van der Waals surface area contributed by atoms with E-state index < -0.39 is 5.91 Å². The molecule has 2 rings (SSSR count). The summed E-state index contributed by atoms with van der Waals surface area (Å²) in [7, 11) is 0. The molecule has 0 bridgehead atoms. The first-order valence-electron chi connectivity index (χ1n) is 6.33. The van der Waals surface area contributed by atoms with Crippen LogP contribution in [0.4, 0.5) is 0 Å². The average molecular weight is 275 g/mol. The Balaban J connectivity index is 2.22. The van der Waals surface area contributed by atoms with Crippen molar-refractivity contribution >= 4 is 5.91 Å². The zero-order valence-corrected chi connectivity index (χ0v) is 11.9. The molecule has 1 atom stereocenters. The van der Waals surface area contributed by atoms with Crippen LogP contribution >= 0.6 is 0 Å². The van der Waals surface area contributed by atoms with Gasteiger partial charge in [-0.2, -0.15) is 0 Å². The van der Waals surface area contributed by atoms with Crippen LogP contribution in [-0.2, 0) is 0 Å². The number of pyridine rings is 1. The van der Waals surface area contributed by atoms with Crippen molar-refractivity contribution < 1.29 is 9.32 Å². The predicted molar refractivity (Wildman–Crippen MR) is 73.7 cm³/mol. The van der Waals surface area contributed by atoms with Crippen LogP contribution < -0.4 is 10.7 Å². The largest absolute Gasteiger partial charge is 0.364 e. The normalized spacial score (nSPS) is 12.2. The number of H-pyrrole nitrogens is 1. The number of carbonyl (C=O) groups is 1. The summed E-state index contributed by atoms with van der Waals surface area (Å²) in [4.78, 5) is 26.8. The van der Waals surface area contributed by atoms with Crippen LogP contribution in [0.15, 0.2) is 21.6 Å². The molecule has 1 unspecified atom stereocenters. The van der Waals surface area contributed by atoms with Gasteiger partial charge in [0.2, 0.25) is 0 Å². The van der Waals surface area contributed by atoms with Crippen molar-refractivity contribution in [1.82, 2.24) is 15.5 Å². The second-order valence-corrected chi connectivity index (χ2v) is 4.83. The molecule has 0 aliphatic carbocycles. The van der Waals surface area contributed by atoms with Crippen LogP contribution in [0.3, 0.4) is 0 Å². The van der Waals surface area contributed by atoms with Gasteiger partial charge >= 0.3 is 0 Å². The number of rotatable bonds is 3. The van der Waals surface area contributed by atoms with E-state index >= 15 is 0 Å². The van der Waals surface area contributed by atoms with Gasteiger partial charge in [0.1, 0.15) is 11.3 Å². The Morgan fingerprint density at radius 2 is 2.10 bits per heavy atom. The number of nitrogens with zero attached hydrogens (tertiary/aromatic N) is 1. The Bertz CT molecular complexity index is 680. The van der Waals surface area contributed by atoms with Crippen molar-refractivity contribution in [1.29, 1.82) is 0 Å². The minimum Gasteiger partial charge on any atom is -0.364 e. The van der Waals surface area contributed by atoms with E-state index in [0.29, 0.717) is 11.5 Å². The summed E-state index contributed by atoms with van der Waals surface area (Å²) in [6, 6.07) is 1.12.